The maximum absolute atomic E-state index is 12.7. The van der Waals surface area contributed by atoms with Gasteiger partial charge < -0.3 is 20.5 Å². The van der Waals surface area contributed by atoms with E-state index in [0.29, 0.717) is 0 Å². The Hall–Kier alpha value is -3.56. The summed E-state index contributed by atoms with van der Waals surface area (Å²) in [5.41, 5.74) is 4.03. The molecule has 0 bridgehead atoms. The van der Waals surface area contributed by atoms with Crippen LogP contribution < -0.4 is 10.6 Å². The predicted molar refractivity (Wildman–Crippen MR) is 122 cm³/mol. The standard InChI is InChI=1S/C25H27F3N2O5/c1-2-15(12-25(26,27)28)13-29-23(33)21(11-22(31)32)30-24(34)35-14-20-18-9-5-3-7-16(18)17-8-4-6-10-19(17)20/h3-10,15,20-21H,2,11-14H2,1H3,(H,29,33)(H,30,34)(H,31,32). The Morgan fingerprint density at radius 2 is 1.60 bits per heavy atom. The maximum atomic E-state index is 12.7. The highest BCUT2D eigenvalue weighted by Crippen LogP contribution is 2.44. The molecule has 0 radical (unpaired) electrons. The third-order valence-electron chi connectivity index (χ3n) is 5.99. The first-order valence-corrected chi connectivity index (χ1v) is 11.3. The van der Waals surface area contributed by atoms with Crippen LogP contribution in [-0.2, 0) is 14.3 Å². The number of alkyl carbamates (subject to hydrolysis) is 1. The van der Waals surface area contributed by atoms with E-state index < -0.39 is 48.9 Å². The van der Waals surface area contributed by atoms with Gasteiger partial charge in [0.05, 0.1) is 6.42 Å². The van der Waals surface area contributed by atoms with E-state index in [1.807, 2.05) is 48.5 Å². The molecule has 7 nitrogen and oxygen atoms in total. The number of carbonyl (C=O) groups excluding carboxylic acids is 2. The normalized spacial score (nSPS) is 14.4. The largest absolute Gasteiger partial charge is 0.481 e. The van der Waals surface area contributed by atoms with E-state index in [1.165, 1.54) is 0 Å². The average Bonchev–Trinajstić information content (AvgIpc) is 3.12. The number of carbonyl (C=O) groups is 3. The van der Waals surface area contributed by atoms with Gasteiger partial charge in [0, 0.05) is 18.9 Å². The lowest BCUT2D eigenvalue weighted by Gasteiger charge is -2.21. The van der Waals surface area contributed by atoms with E-state index >= 15 is 0 Å². The number of aliphatic carboxylic acids is 1. The third-order valence-corrected chi connectivity index (χ3v) is 5.99. The summed E-state index contributed by atoms with van der Waals surface area (Å²) < 4.78 is 43.3. The molecule has 2 atom stereocenters. The fourth-order valence-corrected chi connectivity index (χ4v) is 4.22. The van der Waals surface area contributed by atoms with Crippen LogP contribution in [0.25, 0.3) is 11.1 Å². The first kappa shape index (κ1) is 26.1. The van der Waals surface area contributed by atoms with Gasteiger partial charge in [-0.15, -0.1) is 0 Å². The second kappa shape index (κ2) is 11.2. The van der Waals surface area contributed by atoms with Crippen LogP contribution in [0, 0.1) is 5.92 Å². The molecule has 1 aliphatic carbocycles. The number of carboxylic acids is 1. The van der Waals surface area contributed by atoms with Crippen LogP contribution >= 0.6 is 0 Å². The first-order valence-electron chi connectivity index (χ1n) is 11.3. The lowest BCUT2D eigenvalue weighted by Crippen LogP contribution is -2.49. The zero-order valence-electron chi connectivity index (χ0n) is 19.1. The van der Waals surface area contributed by atoms with Gasteiger partial charge in [-0.2, -0.15) is 13.2 Å². The molecule has 1 aliphatic rings. The number of nitrogens with one attached hydrogen (secondary N) is 2. The summed E-state index contributed by atoms with van der Waals surface area (Å²) in [6.07, 6.45) is -7.02. The minimum Gasteiger partial charge on any atom is -0.481 e. The van der Waals surface area contributed by atoms with Gasteiger partial charge in [0.15, 0.2) is 0 Å². The van der Waals surface area contributed by atoms with E-state index in [0.717, 1.165) is 22.3 Å². The molecule has 2 aromatic carbocycles. The smallest absolute Gasteiger partial charge is 0.407 e. The molecule has 0 aliphatic heterocycles. The molecule has 188 valence electrons. The lowest BCUT2D eigenvalue weighted by atomic mass is 9.98. The molecule has 2 unspecified atom stereocenters. The number of benzene rings is 2. The van der Waals surface area contributed by atoms with Gasteiger partial charge >= 0.3 is 18.2 Å². The molecule has 0 saturated carbocycles. The van der Waals surface area contributed by atoms with Crippen molar-refractivity contribution in [3.05, 3.63) is 59.7 Å². The monoisotopic (exact) mass is 492 g/mol. The zero-order chi connectivity index (χ0) is 25.6. The SMILES string of the molecule is CCC(CNC(=O)C(CC(=O)O)NC(=O)OCC1c2ccccc2-c2ccccc21)CC(F)(F)F. The number of amides is 2. The van der Waals surface area contributed by atoms with Gasteiger partial charge in [0.1, 0.15) is 12.6 Å². The Bertz CT molecular complexity index is 1030. The summed E-state index contributed by atoms with van der Waals surface area (Å²) in [5, 5.41) is 13.7. The van der Waals surface area contributed by atoms with Crippen LogP contribution in [0.15, 0.2) is 48.5 Å². The molecule has 0 spiro atoms. The van der Waals surface area contributed by atoms with Crippen molar-refractivity contribution in [3.63, 3.8) is 0 Å². The Labute approximate surface area is 200 Å². The topological polar surface area (TPSA) is 105 Å². The van der Waals surface area contributed by atoms with Crippen LogP contribution in [0.4, 0.5) is 18.0 Å². The van der Waals surface area contributed by atoms with Crippen molar-refractivity contribution in [1.29, 1.82) is 0 Å². The number of ether oxygens (including phenoxy) is 1. The van der Waals surface area contributed by atoms with Gasteiger partial charge in [-0.05, 0) is 28.2 Å². The molecule has 0 aromatic heterocycles. The number of halogens is 3. The van der Waals surface area contributed by atoms with Crippen molar-refractivity contribution in [3.8, 4) is 11.1 Å². The molecule has 0 fully saturated rings. The van der Waals surface area contributed by atoms with Crippen LogP contribution in [0.1, 0.15) is 43.2 Å². The number of rotatable bonds is 10. The fraction of sp³-hybridized carbons (Fsp3) is 0.400. The van der Waals surface area contributed by atoms with Gasteiger partial charge in [0.25, 0.3) is 0 Å². The number of hydrogen-bond acceptors (Lipinski definition) is 4. The lowest BCUT2D eigenvalue weighted by molar-refractivity contribution is -0.145. The second-order valence-electron chi connectivity index (χ2n) is 8.46. The van der Waals surface area contributed by atoms with Crippen molar-refractivity contribution >= 4 is 18.0 Å². The summed E-state index contributed by atoms with van der Waals surface area (Å²) in [6.45, 7) is 1.23. The Kier molecular flexibility index (Phi) is 8.37. The quantitative estimate of drug-likeness (QED) is 0.454. The highest BCUT2D eigenvalue weighted by Gasteiger charge is 2.33. The van der Waals surface area contributed by atoms with Crippen LogP contribution in [-0.4, -0.2) is 48.4 Å². The van der Waals surface area contributed by atoms with E-state index in [1.54, 1.807) is 6.92 Å². The Morgan fingerprint density at radius 3 is 2.11 bits per heavy atom. The first-order chi connectivity index (χ1) is 16.6. The summed E-state index contributed by atoms with van der Waals surface area (Å²) >= 11 is 0. The summed E-state index contributed by atoms with van der Waals surface area (Å²) in [6, 6.07) is 13.9. The number of fused-ring (bicyclic) bond motifs is 3. The average molecular weight is 492 g/mol. The molecular formula is C25H27F3N2O5. The van der Waals surface area contributed by atoms with Crippen LogP contribution in [0.5, 0.6) is 0 Å². The van der Waals surface area contributed by atoms with Crippen molar-refractivity contribution in [2.45, 2.75) is 44.3 Å². The molecule has 10 heteroatoms. The highest BCUT2D eigenvalue weighted by molar-refractivity contribution is 5.89. The molecule has 0 heterocycles. The minimum atomic E-state index is -4.38. The number of alkyl halides is 3. The van der Waals surface area contributed by atoms with Crippen LogP contribution in [0.2, 0.25) is 0 Å². The number of hydrogen-bond donors (Lipinski definition) is 3. The Morgan fingerprint density at radius 1 is 1.03 bits per heavy atom. The molecule has 0 saturated heterocycles. The van der Waals surface area contributed by atoms with Crippen molar-refractivity contribution in [1.82, 2.24) is 10.6 Å². The molecule has 35 heavy (non-hydrogen) atoms. The van der Waals surface area contributed by atoms with Crippen LogP contribution in [0.3, 0.4) is 0 Å². The summed E-state index contributed by atoms with van der Waals surface area (Å²) in [4.78, 5) is 36.1. The number of carboxylic acid groups (broad SMARTS) is 1. The van der Waals surface area contributed by atoms with E-state index in [2.05, 4.69) is 10.6 Å². The zero-order valence-corrected chi connectivity index (χ0v) is 19.1. The van der Waals surface area contributed by atoms with Gasteiger partial charge in [0.2, 0.25) is 5.91 Å². The summed E-state index contributed by atoms with van der Waals surface area (Å²) in [7, 11) is 0. The molecule has 3 N–H and O–H groups in total. The van der Waals surface area contributed by atoms with Crippen molar-refractivity contribution in [2.24, 2.45) is 5.92 Å². The minimum absolute atomic E-state index is 0.0369. The molecular weight excluding hydrogens is 465 g/mol. The van der Waals surface area contributed by atoms with E-state index in [-0.39, 0.29) is 25.5 Å². The highest BCUT2D eigenvalue weighted by atomic mass is 19.4. The van der Waals surface area contributed by atoms with E-state index in [4.69, 9.17) is 9.84 Å². The second-order valence-corrected chi connectivity index (χ2v) is 8.46. The molecule has 2 amide bonds. The Balaban J connectivity index is 1.61. The maximum Gasteiger partial charge on any atom is 0.407 e. The van der Waals surface area contributed by atoms with Gasteiger partial charge in [-0.1, -0.05) is 61.9 Å². The predicted octanol–water partition coefficient (Wildman–Crippen LogP) is 4.46. The fourth-order valence-electron chi connectivity index (χ4n) is 4.22. The third kappa shape index (κ3) is 6.97. The van der Waals surface area contributed by atoms with Crippen molar-refractivity contribution < 1.29 is 37.4 Å². The summed E-state index contributed by atoms with van der Waals surface area (Å²) in [5.74, 6) is -3.33. The van der Waals surface area contributed by atoms with E-state index in [9.17, 15) is 27.6 Å². The van der Waals surface area contributed by atoms with Gasteiger partial charge in [-0.25, -0.2) is 4.79 Å². The van der Waals surface area contributed by atoms with Gasteiger partial charge in [-0.3, -0.25) is 9.59 Å². The van der Waals surface area contributed by atoms with Crippen molar-refractivity contribution in [2.75, 3.05) is 13.2 Å². The molecule has 3 rings (SSSR count). The molecule has 2 aromatic rings.